The monoisotopic (exact) mass is 274 g/mol. The molecule has 2 rings (SSSR count). The minimum atomic E-state index is -0.913. The van der Waals surface area contributed by atoms with Crippen molar-refractivity contribution in [3.05, 3.63) is 69.7 Å². The van der Waals surface area contributed by atoms with Crippen LogP contribution in [0.15, 0.2) is 42.5 Å². The highest BCUT2D eigenvalue weighted by atomic mass is 35.5. The van der Waals surface area contributed by atoms with Crippen LogP contribution in [0.5, 0.6) is 0 Å². The van der Waals surface area contributed by atoms with Gasteiger partial charge in [-0.15, -0.1) is 0 Å². The summed E-state index contributed by atoms with van der Waals surface area (Å²) < 4.78 is 0. The van der Waals surface area contributed by atoms with Gasteiger partial charge in [-0.1, -0.05) is 48.0 Å². The van der Waals surface area contributed by atoms with Crippen LogP contribution in [0.4, 0.5) is 0 Å². The van der Waals surface area contributed by atoms with Gasteiger partial charge < -0.3 is 5.11 Å². The molecule has 0 aliphatic heterocycles. The van der Waals surface area contributed by atoms with Crippen LogP contribution in [0.1, 0.15) is 29.2 Å². The van der Waals surface area contributed by atoms with Crippen molar-refractivity contribution in [1.82, 2.24) is 0 Å². The number of hydrogen-bond donors (Lipinski definition) is 1. The third-order valence-corrected chi connectivity index (χ3v) is 3.99. The molecular weight excluding hydrogens is 256 g/mol. The molecule has 0 aromatic heterocycles. The fraction of sp³-hybridized carbons (Fsp3) is 0.294. The van der Waals surface area contributed by atoms with Gasteiger partial charge in [-0.3, -0.25) is 0 Å². The maximum Gasteiger partial charge on any atom is 0.0909 e. The summed E-state index contributed by atoms with van der Waals surface area (Å²) in [6, 6.07) is 13.7. The molecule has 1 nitrogen and oxygen atoms in total. The van der Waals surface area contributed by atoms with E-state index >= 15 is 0 Å². The quantitative estimate of drug-likeness (QED) is 0.879. The summed E-state index contributed by atoms with van der Waals surface area (Å²) in [5.41, 5.74) is 3.40. The second-order valence-electron chi connectivity index (χ2n) is 5.34. The van der Waals surface area contributed by atoms with Crippen molar-refractivity contribution in [3.63, 3.8) is 0 Å². The lowest BCUT2D eigenvalue weighted by Gasteiger charge is -2.25. The zero-order chi connectivity index (χ0) is 14.0. The van der Waals surface area contributed by atoms with Gasteiger partial charge in [-0.05, 0) is 49.1 Å². The highest BCUT2D eigenvalue weighted by molar-refractivity contribution is 6.31. The van der Waals surface area contributed by atoms with Crippen LogP contribution in [0.25, 0.3) is 0 Å². The summed E-state index contributed by atoms with van der Waals surface area (Å²) in [4.78, 5) is 0. The van der Waals surface area contributed by atoms with Crippen molar-refractivity contribution in [3.8, 4) is 0 Å². The Morgan fingerprint density at radius 2 is 1.74 bits per heavy atom. The normalized spacial score (nSPS) is 14.2. The number of halogens is 1. The first-order chi connectivity index (χ1) is 8.90. The molecular formula is C17H19ClO. The fourth-order valence-electron chi connectivity index (χ4n) is 2.19. The largest absolute Gasteiger partial charge is 0.385 e. The first kappa shape index (κ1) is 14.1. The van der Waals surface area contributed by atoms with E-state index in [1.807, 2.05) is 49.4 Å². The summed E-state index contributed by atoms with van der Waals surface area (Å²) in [7, 11) is 0. The highest BCUT2D eigenvalue weighted by Crippen LogP contribution is 2.29. The molecule has 100 valence electrons. The van der Waals surface area contributed by atoms with Gasteiger partial charge in [0.15, 0.2) is 0 Å². The van der Waals surface area contributed by atoms with Crippen LogP contribution in [0, 0.1) is 13.8 Å². The number of aryl methyl sites for hydroxylation is 2. The third-order valence-electron chi connectivity index (χ3n) is 3.62. The van der Waals surface area contributed by atoms with E-state index in [-0.39, 0.29) is 0 Å². The molecule has 1 unspecified atom stereocenters. The van der Waals surface area contributed by atoms with Crippen molar-refractivity contribution in [2.45, 2.75) is 32.8 Å². The van der Waals surface area contributed by atoms with Gasteiger partial charge in [0.25, 0.3) is 0 Å². The van der Waals surface area contributed by atoms with Gasteiger partial charge in [-0.2, -0.15) is 0 Å². The summed E-state index contributed by atoms with van der Waals surface area (Å²) >= 11 is 6.16. The third kappa shape index (κ3) is 3.17. The molecule has 0 spiro atoms. The van der Waals surface area contributed by atoms with Gasteiger partial charge in [0.1, 0.15) is 0 Å². The summed E-state index contributed by atoms with van der Waals surface area (Å²) in [5.74, 6) is 0. The molecule has 0 amide bonds. The molecule has 0 radical (unpaired) electrons. The first-order valence-electron chi connectivity index (χ1n) is 6.44. The Bertz CT molecular complexity index is 588. The molecule has 0 saturated carbocycles. The zero-order valence-electron chi connectivity index (χ0n) is 11.6. The van der Waals surface area contributed by atoms with Crippen LogP contribution in [0.3, 0.4) is 0 Å². The van der Waals surface area contributed by atoms with Crippen molar-refractivity contribution >= 4 is 11.6 Å². The minimum absolute atomic E-state index is 0.509. The Kier molecular flexibility index (Phi) is 3.98. The lowest BCUT2D eigenvalue weighted by molar-refractivity contribution is 0.0576. The van der Waals surface area contributed by atoms with Gasteiger partial charge in [0.05, 0.1) is 5.60 Å². The lowest BCUT2D eigenvalue weighted by Crippen LogP contribution is -2.24. The maximum atomic E-state index is 10.7. The van der Waals surface area contributed by atoms with Gasteiger partial charge >= 0.3 is 0 Å². The molecule has 1 atom stereocenters. The van der Waals surface area contributed by atoms with E-state index in [0.717, 1.165) is 11.1 Å². The smallest absolute Gasteiger partial charge is 0.0909 e. The zero-order valence-corrected chi connectivity index (χ0v) is 12.3. The van der Waals surface area contributed by atoms with Crippen LogP contribution >= 0.6 is 11.6 Å². The van der Waals surface area contributed by atoms with Crippen molar-refractivity contribution in [2.24, 2.45) is 0 Å². The minimum Gasteiger partial charge on any atom is -0.385 e. The SMILES string of the molecule is Cc1ccc(C(C)(O)Cc2ccccc2Cl)cc1C. The summed E-state index contributed by atoms with van der Waals surface area (Å²) in [6.45, 7) is 5.97. The molecule has 2 aromatic carbocycles. The van der Waals surface area contributed by atoms with E-state index < -0.39 is 5.60 Å². The number of rotatable bonds is 3. The molecule has 0 aliphatic rings. The predicted octanol–water partition coefficient (Wildman–Crippen LogP) is 4.41. The highest BCUT2D eigenvalue weighted by Gasteiger charge is 2.24. The van der Waals surface area contributed by atoms with E-state index in [2.05, 4.69) is 13.8 Å². The molecule has 1 N–H and O–H groups in total. The topological polar surface area (TPSA) is 20.2 Å². The Hall–Kier alpha value is -1.31. The molecule has 0 saturated heterocycles. The standard InChI is InChI=1S/C17H19ClO/c1-12-8-9-15(10-13(12)2)17(3,19)11-14-6-4-5-7-16(14)18/h4-10,19H,11H2,1-3H3. The Morgan fingerprint density at radius 1 is 1.05 bits per heavy atom. The summed E-state index contributed by atoms with van der Waals surface area (Å²) in [5, 5.41) is 11.4. The number of benzene rings is 2. The Labute approximate surface area is 119 Å². The first-order valence-corrected chi connectivity index (χ1v) is 6.81. The van der Waals surface area contributed by atoms with E-state index in [1.165, 1.54) is 11.1 Å². The average molecular weight is 275 g/mol. The average Bonchev–Trinajstić information content (AvgIpc) is 2.35. The predicted molar refractivity (Wildman–Crippen MR) is 80.6 cm³/mol. The number of hydrogen-bond acceptors (Lipinski definition) is 1. The van der Waals surface area contributed by atoms with Crippen LogP contribution in [0.2, 0.25) is 5.02 Å². The van der Waals surface area contributed by atoms with Crippen LogP contribution < -0.4 is 0 Å². The van der Waals surface area contributed by atoms with Crippen LogP contribution in [-0.4, -0.2) is 5.11 Å². The van der Waals surface area contributed by atoms with E-state index in [1.54, 1.807) is 0 Å². The molecule has 0 aliphatic carbocycles. The fourth-order valence-corrected chi connectivity index (χ4v) is 2.39. The maximum absolute atomic E-state index is 10.7. The van der Waals surface area contributed by atoms with E-state index in [0.29, 0.717) is 11.4 Å². The van der Waals surface area contributed by atoms with Crippen molar-refractivity contribution < 1.29 is 5.11 Å². The molecule has 0 bridgehead atoms. The number of aliphatic hydroxyl groups is 1. The Balaban J connectivity index is 2.32. The van der Waals surface area contributed by atoms with Gasteiger partial charge in [0, 0.05) is 11.4 Å². The van der Waals surface area contributed by atoms with E-state index in [9.17, 15) is 5.11 Å². The molecule has 0 fully saturated rings. The van der Waals surface area contributed by atoms with Gasteiger partial charge in [-0.25, -0.2) is 0 Å². The van der Waals surface area contributed by atoms with Gasteiger partial charge in [0.2, 0.25) is 0 Å². The Morgan fingerprint density at radius 3 is 2.37 bits per heavy atom. The van der Waals surface area contributed by atoms with Crippen molar-refractivity contribution in [2.75, 3.05) is 0 Å². The lowest BCUT2D eigenvalue weighted by atomic mass is 9.87. The molecule has 19 heavy (non-hydrogen) atoms. The molecule has 2 aromatic rings. The second-order valence-corrected chi connectivity index (χ2v) is 5.75. The molecule has 0 heterocycles. The summed E-state index contributed by atoms with van der Waals surface area (Å²) in [6.07, 6.45) is 0.509. The second kappa shape index (κ2) is 5.36. The van der Waals surface area contributed by atoms with Crippen LogP contribution in [-0.2, 0) is 12.0 Å². The molecule has 2 heteroatoms. The van der Waals surface area contributed by atoms with E-state index in [4.69, 9.17) is 11.6 Å². The van der Waals surface area contributed by atoms with Crippen molar-refractivity contribution in [1.29, 1.82) is 0 Å².